The monoisotopic (exact) mass is 406 g/mol. The number of fused-ring (bicyclic) bond motifs is 5. The molecule has 0 amide bonds. The van der Waals surface area contributed by atoms with E-state index in [4.69, 9.17) is 4.74 Å². The average Bonchev–Trinajstić information content (AvgIpc) is 3.10. The molecule has 2 heteroatoms. The smallest absolute Gasteiger partial charge is 0.133 e. The Balaban J connectivity index is 1.30. The molecular formula is C28H38O2. The van der Waals surface area contributed by atoms with Gasteiger partial charge in [0.05, 0.1) is 12.7 Å². The lowest BCUT2D eigenvalue weighted by atomic mass is 9.47. The van der Waals surface area contributed by atoms with Crippen LogP contribution in [0, 0.1) is 34.5 Å². The van der Waals surface area contributed by atoms with Gasteiger partial charge in [0.25, 0.3) is 0 Å². The molecule has 5 rings (SSSR count). The van der Waals surface area contributed by atoms with Crippen molar-refractivity contribution >= 4 is 5.78 Å². The summed E-state index contributed by atoms with van der Waals surface area (Å²) in [7, 11) is 0. The van der Waals surface area contributed by atoms with Gasteiger partial charge in [-0.05, 0) is 92.4 Å². The number of carbonyl (C=O) groups is 1. The first kappa shape index (κ1) is 20.5. The van der Waals surface area contributed by atoms with Crippen LogP contribution in [-0.2, 0) is 16.1 Å². The topological polar surface area (TPSA) is 26.3 Å². The number of Topliss-reactive ketones (excluding diaryl/α,β-unsaturated/α-hetero) is 1. The number of carbonyl (C=O) groups excluding carboxylic acids is 1. The lowest BCUT2D eigenvalue weighted by molar-refractivity contribution is -0.127. The summed E-state index contributed by atoms with van der Waals surface area (Å²) in [6, 6.07) is 10.6. The van der Waals surface area contributed by atoms with E-state index in [1.165, 1.54) is 44.1 Å². The van der Waals surface area contributed by atoms with E-state index in [0.29, 0.717) is 23.2 Å². The van der Waals surface area contributed by atoms with Gasteiger partial charge in [-0.25, -0.2) is 0 Å². The van der Waals surface area contributed by atoms with E-state index in [0.717, 1.165) is 37.2 Å². The molecule has 0 spiro atoms. The van der Waals surface area contributed by atoms with Crippen LogP contribution in [0.25, 0.3) is 0 Å². The number of ether oxygens (including phenoxy) is 1. The molecule has 1 aromatic rings. The number of allylic oxidation sites excluding steroid dienone is 1. The number of benzene rings is 1. The summed E-state index contributed by atoms with van der Waals surface area (Å²) in [4.78, 5) is 12.3. The van der Waals surface area contributed by atoms with Gasteiger partial charge in [-0.15, -0.1) is 0 Å². The predicted molar refractivity (Wildman–Crippen MR) is 121 cm³/mol. The molecule has 7 atom stereocenters. The molecule has 4 aliphatic carbocycles. The van der Waals surface area contributed by atoms with Crippen molar-refractivity contribution in [2.45, 2.75) is 84.8 Å². The Hall–Kier alpha value is -1.41. The molecule has 0 heterocycles. The van der Waals surface area contributed by atoms with Gasteiger partial charge >= 0.3 is 0 Å². The molecule has 162 valence electrons. The third-order valence-corrected chi connectivity index (χ3v) is 9.88. The summed E-state index contributed by atoms with van der Waals surface area (Å²) in [5, 5.41) is 0. The summed E-state index contributed by atoms with van der Waals surface area (Å²) < 4.78 is 6.35. The Kier molecular flexibility index (Phi) is 5.21. The van der Waals surface area contributed by atoms with Crippen LogP contribution in [0.15, 0.2) is 42.0 Å². The average molecular weight is 407 g/mol. The Morgan fingerprint density at radius 2 is 1.83 bits per heavy atom. The van der Waals surface area contributed by atoms with Crippen molar-refractivity contribution in [2.24, 2.45) is 34.5 Å². The normalized spacial score (nSPS) is 42.6. The lowest BCUT2D eigenvalue weighted by Gasteiger charge is -2.58. The number of rotatable bonds is 4. The molecule has 2 nitrogen and oxygen atoms in total. The molecule has 0 aromatic heterocycles. The Morgan fingerprint density at radius 1 is 1.03 bits per heavy atom. The standard InChI is InChI=1S/C28H38O2/c1-19(29)24-11-12-25-23-10-9-21-17-22(30-18-20-7-5-4-6-8-20)13-15-27(21,2)26(23)14-16-28(24,25)3/h4-9,22-26H,10-18H2,1-3H3/t22?,23?,24?,25?,26?,27?,28-/m1/s1. The van der Waals surface area contributed by atoms with E-state index >= 15 is 0 Å². The van der Waals surface area contributed by atoms with Gasteiger partial charge in [-0.1, -0.05) is 55.8 Å². The number of hydrogen-bond donors (Lipinski definition) is 0. The maximum absolute atomic E-state index is 12.3. The van der Waals surface area contributed by atoms with E-state index in [2.05, 4.69) is 50.3 Å². The predicted octanol–water partition coefficient (Wildman–Crippen LogP) is 6.74. The molecule has 0 N–H and O–H groups in total. The van der Waals surface area contributed by atoms with E-state index < -0.39 is 0 Å². The fourth-order valence-corrected chi connectivity index (χ4v) is 8.23. The first-order chi connectivity index (χ1) is 14.4. The lowest BCUT2D eigenvalue weighted by Crippen LogP contribution is -2.51. The number of hydrogen-bond acceptors (Lipinski definition) is 2. The molecular weight excluding hydrogens is 368 g/mol. The van der Waals surface area contributed by atoms with Gasteiger partial charge in [0.2, 0.25) is 0 Å². The minimum absolute atomic E-state index is 0.255. The van der Waals surface area contributed by atoms with Crippen molar-refractivity contribution in [1.29, 1.82) is 0 Å². The summed E-state index contributed by atoms with van der Waals surface area (Å²) in [5.74, 6) is 3.07. The van der Waals surface area contributed by atoms with E-state index in [-0.39, 0.29) is 5.41 Å². The van der Waals surface area contributed by atoms with Crippen molar-refractivity contribution in [3.05, 3.63) is 47.5 Å². The van der Waals surface area contributed by atoms with Crippen molar-refractivity contribution in [1.82, 2.24) is 0 Å². The van der Waals surface area contributed by atoms with Gasteiger partial charge in [-0.3, -0.25) is 4.79 Å². The maximum Gasteiger partial charge on any atom is 0.133 e. The molecule has 3 fully saturated rings. The van der Waals surface area contributed by atoms with Crippen LogP contribution >= 0.6 is 0 Å². The van der Waals surface area contributed by atoms with Crippen LogP contribution in [0.2, 0.25) is 0 Å². The second kappa shape index (κ2) is 7.62. The highest BCUT2D eigenvalue weighted by atomic mass is 16.5. The zero-order chi connectivity index (χ0) is 20.9. The third-order valence-electron chi connectivity index (χ3n) is 9.88. The first-order valence-corrected chi connectivity index (χ1v) is 12.3. The van der Waals surface area contributed by atoms with Crippen LogP contribution in [0.1, 0.15) is 77.7 Å². The molecule has 0 bridgehead atoms. The van der Waals surface area contributed by atoms with Crippen LogP contribution in [0.4, 0.5) is 0 Å². The van der Waals surface area contributed by atoms with Gasteiger partial charge in [-0.2, -0.15) is 0 Å². The highest BCUT2D eigenvalue weighted by Gasteiger charge is 2.59. The van der Waals surface area contributed by atoms with Gasteiger partial charge < -0.3 is 4.74 Å². The van der Waals surface area contributed by atoms with Crippen LogP contribution in [0.5, 0.6) is 0 Å². The molecule has 30 heavy (non-hydrogen) atoms. The second-order valence-electron chi connectivity index (χ2n) is 11.2. The fraction of sp³-hybridized carbons (Fsp3) is 0.679. The molecule has 1 aromatic carbocycles. The minimum Gasteiger partial charge on any atom is -0.373 e. The van der Waals surface area contributed by atoms with Crippen molar-refractivity contribution in [2.75, 3.05) is 0 Å². The zero-order valence-corrected chi connectivity index (χ0v) is 19.0. The van der Waals surface area contributed by atoms with Gasteiger partial charge in [0.1, 0.15) is 5.78 Å². The Bertz CT molecular complexity index is 826. The quantitative estimate of drug-likeness (QED) is 0.518. The van der Waals surface area contributed by atoms with E-state index in [1.807, 2.05) is 6.92 Å². The minimum atomic E-state index is 0.255. The molecule has 3 saturated carbocycles. The summed E-state index contributed by atoms with van der Waals surface area (Å²) in [6.45, 7) is 7.57. The molecule has 4 aliphatic rings. The van der Waals surface area contributed by atoms with Crippen molar-refractivity contribution < 1.29 is 9.53 Å². The Morgan fingerprint density at radius 3 is 2.60 bits per heavy atom. The second-order valence-corrected chi connectivity index (χ2v) is 11.2. The van der Waals surface area contributed by atoms with Crippen LogP contribution in [0.3, 0.4) is 0 Å². The van der Waals surface area contributed by atoms with Gasteiger partial charge in [0, 0.05) is 5.92 Å². The van der Waals surface area contributed by atoms with Crippen molar-refractivity contribution in [3.8, 4) is 0 Å². The number of ketones is 1. The summed E-state index contributed by atoms with van der Waals surface area (Å²) in [6.07, 6.45) is 12.7. The summed E-state index contributed by atoms with van der Waals surface area (Å²) in [5.41, 5.74) is 3.56. The maximum atomic E-state index is 12.3. The van der Waals surface area contributed by atoms with Crippen LogP contribution < -0.4 is 0 Å². The van der Waals surface area contributed by atoms with Crippen molar-refractivity contribution in [3.63, 3.8) is 0 Å². The van der Waals surface area contributed by atoms with Gasteiger partial charge in [0.15, 0.2) is 0 Å². The summed E-state index contributed by atoms with van der Waals surface area (Å²) >= 11 is 0. The Labute approximate surface area is 182 Å². The van der Waals surface area contributed by atoms with Crippen LogP contribution in [-0.4, -0.2) is 11.9 Å². The third kappa shape index (κ3) is 3.22. The molecule has 6 unspecified atom stereocenters. The van der Waals surface area contributed by atoms with E-state index in [1.54, 1.807) is 5.57 Å². The first-order valence-electron chi connectivity index (χ1n) is 12.3. The molecule has 0 radical (unpaired) electrons. The SMILES string of the molecule is CC(=O)C1CCC2C3CC=C4CC(OCc5ccccc5)CCC4(C)C3CC[C@]12C. The highest BCUT2D eigenvalue weighted by Crippen LogP contribution is 2.66. The largest absolute Gasteiger partial charge is 0.373 e. The fourth-order valence-electron chi connectivity index (χ4n) is 8.23. The molecule has 0 aliphatic heterocycles. The zero-order valence-electron chi connectivity index (χ0n) is 19.0. The van der Waals surface area contributed by atoms with E-state index in [9.17, 15) is 4.79 Å². The highest BCUT2D eigenvalue weighted by molar-refractivity contribution is 5.79. The molecule has 0 saturated heterocycles.